The maximum Gasteiger partial charge on any atom is 0.0886 e. The fourth-order valence-corrected chi connectivity index (χ4v) is 9.16. The second kappa shape index (κ2) is 14.5. The van der Waals surface area contributed by atoms with Crippen LogP contribution in [-0.4, -0.2) is 9.97 Å². The van der Waals surface area contributed by atoms with Gasteiger partial charge in [-0.3, -0.25) is 9.97 Å². The van der Waals surface area contributed by atoms with Gasteiger partial charge in [0.2, 0.25) is 0 Å². The van der Waals surface area contributed by atoms with Gasteiger partial charge in [0.05, 0.1) is 11.4 Å². The zero-order valence-corrected chi connectivity index (χ0v) is 33.8. The number of nitrogens with zero attached hydrogens (tertiary/aromatic N) is 3. The predicted octanol–water partition coefficient (Wildman–Crippen LogP) is 14.7. The molecule has 3 heteroatoms. The van der Waals surface area contributed by atoms with Gasteiger partial charge in [-0.1, -0.05) is 141 Å². The molecule has 0 saturated heterocycles. The van der Waals surface area contributed by atoms with Gasteiger partial charge in [-0.2, -0.15) is 0 Å². The van der Waals surface area contributed by atoms with Gasteiger partial charge >= 0.3 is 0 Å². The van der Waals surface area contributed by atoms with Gasteiger partial charge in [-0.25, -0.2) is 0 Å². The second-order valence-electron chi connectivity index (χ2n) is 16.6. The Morgan fingerprint density at radius 1 is 0.367 bits per heavy atom. The predicted molar refractivity (Wildman–Crippen MR) is 249 cm³/mol. The topological polar surface area (TPSA) is 29.0 Å². The Morgan fingerprint density at radius 2 is 0.783 bits per heavy atom. The molecule has 2 aliphatic carbocycles. The van der Waals surface area contributed by atoms with Crippen LogP contribution in [0.25, 0.3) is 67.0 Å². The lowest BCUT2D eigenvalue weighted by Gasteiger charge is -2.29. The van der Waals surface area contributed by atoms with E-state index in [9.17, 15) is 0 Å². The van der Waals surface area contributed by atoms with E-state index in [1.165, 1.54) is 61.3 Å². The molecule has 0 atom stereocenters. The van der Waals surface area contributed by atoms with Gasteiger partial charge in [0.1, 0.15) is 0 Å². The monoisotopic (exact) mass is 769 g/mol. The number of fused-ring (bicyclic) bond motifs is 4. The van der Waals surface area contributed by atoms with Crippen LogP contribution >= 0.6 is 0 Å². The molecular formula is C57H43N3. The molecule has 286 valence electrons. The van der Waals surface area contributed by atoms with Crippen LogP contribution in [0.2, 0.25) is 0 Å². The third-order valence-corrected chi connectivity index (χ3v) is 12.7. The number of aromatic nitrogens is 2. The maximum atomic E-state index is 4.82. The van der Waals surface area contributed by atoms with E-state index in [1.54, 1.807) is 0 Å². The molecule has 0 N–H and O–H groups in total. The highest BCUT2D eigenvalue weighted by molar-refractivity contribution is 5.87. The van der Waals surface area contributed by atoms with Crippen molar-refractivity contribution < 1.29 is 0 Å². The Bertz CT molecular complexity index is 3000. The normalized spacial score (nSPS) is 13.2. The molecule has 0 spiro atoms. The first-order valence-electron chi connectivity index (χ1n) is 20.9. The highest BCUT2D eigenvalue weighted by Gasteiger charge is 2.36. The number of aryl methyl sites for hydroxylation is 2. The number of hydrogen-bond donors (Lipinski definition) is 0. The fourth-order valence-electron chi connectivity index (χ4n) is 9.16. The minimum atomic E-state index is -0.104. The van der Waals surface area contributed by atoms with E-state index in [-0.39, 0.29) is 5.41 Å². The Morgan fingerprint density at radius 3 is 1.23 bits per heavy atom. The molecule has 9 aromatic rings. The quantitative estimate of drug-likeness (QED) is 0.154. The van der Waals surface area contributed by atoms with E-state index in [4.69, 9.17) is 9.97 Å². The van der Waals surface area contributed by atoms with E-state index < -0.39 is 0 Å². The molecule has 0 unspecified atom stereocenters. The van der Waals surface area contributed by atoms with Crippen molar-refractivity contribution in [2.45, 2.75) is 32.1 Å². The van der Waals surface area contributed by atoms with Crippen molar-refractivity contribution in [1.82, 2.24) is 9.97 Å². The third-order valence-electron chi connectivity index (χ3n) is 12.7. The summed E-state index contributed by atoms with van der Waals surface area (Å²) in [6.07, 6.45) is 6.17. The van der Waals surface area contributed by atoms with Crippen molar-refractivity contribution in [2.75, 3.05) is 4.90 Å². The van der Waals surface area contributed by atoms with Crippen LogP contribution in [0, 0.1) is 0 Å². The number of rotatable bonds is 8. The van der Waals surface area contributed by atoms with E-state index in [2.05, 4.69) is 183 Å². The summed E-state index contributed by atoms with van der Waals surface area (Å²) in [5, 5.41) is 0. The minimum Gasteiger partial charge on any atom is -0.310 e. The van der Waals surface area contributed by atoms with Crippen molar-refractivity contribution >= 4 is 17.1 Å². The number of anilines is 3. The number of hydrogen-bond acceptors (Lipinski definition) is 3. The molecule has 2 aliphatic rings. The van der Waals surface area contributed by atoms with Gasteiger partial charge in [-0.15, -0.1) is 0 Å². The number of benzene rings is 7. The lowest BCUT2D eigenvalue weighted by atomic mass is 9.81. The summed E-state index contributed by atoms with van der Waals surface area (Å²) in [5.74, 6) is 0. The number of pyridine rings is 2. The van der Waals surface area contributed by atoms with Gasteiger partial charge in [0, 0.05) is 46.0 Å². The van der Waals surface area contributed by atoms with Crippen molar-refractivity contribution in [2.24, 2.45) is 0 Å². The summed E-state index contributed by atoms with van der Waals surface area (Å²) in [6, 6.07) is 68.3. The van der Waals surface area contributed by atoms with Crippen LogP contribution in [0.1, 0.15) is 36.1 Å². The standard InChI is InChI=1S/C57H43N3/c1-57(2)53-34-44(38-9-5-3-6-10-38)20-29-51(53)52-30-21-45(35-54(52)57)41-15-24-48(25-16-41)60(50-28-19-40-13-14-43(40)33-50)49-26-17-42(18-27-49)47-23-32-56(59-37-47)55-31-22-46(36-58-55)39-11-7-4-8-12-39/h3-12,15-37H,13-14H2,1-2H3. The summed E-state index contributed by atoms with van der Waals surface area (Å²) in [4.78, 5) is 11.9. The molecule has 0 fully saturated rings. The summed E-state index contributed by atoms with van der Waals surface area (Å²) < 4.78 is 0. The molecule has 0 radical (unpaired) electrons. The molecule has 11 rings (SSSR count). The van der Waals surface area contributed by atoms with Crippen molar-refractivity contribution in [1.29, 1.82) is 0 Å². The van der Waals surface area contributed by atoms with Gasteiger partial charge in [-0.05, 0) is 140 Å². The van der Waals surface area contributed by atoms with Gasteiger partial charge in [0.25, 0.3) is 0 Å². The largest absolute Gasteiger partial charge is 0.310 e. The van der Waals surface area contributed by atoms with Gasteiger partial charge < -0.3 is 4.90 Å². The molecular weight excluding hydrogens is 727 g/mol. The van der Waals surface area contributed by atoms with E-state index >= 15 is 0 Å². The summed E-state index contributed by atoms with van der Waals surface area (Å²) in [7, 11) is 0. The first-order valence-corrected chi connectivity index (χ1v) is 20.9. The average Bonchev–Trinajstić information content (AvgIpc) is 3.53. The van der Waals surface area contributed by atoms with E-state index in [0.29, 0.717) is 0 Å². The van der Waals surface area contributed by atoms with Crippen LogP contribution in [-0.2, 0) is 18.3 Å². The van der Waals surface area contributed by atoms with Crippen LogP contribution in [0.15, 0.2) is 200 Å². The van der Waals surface area contributed by atoms with Crippen molar-refractivity contribution in [3.8, 4) is 67.0 Å². The molecule has 2 heterocycles. The molecule has 0 aliphatic heterocycles. The maximum absolute atomic E-state index is 4.82. The summed E-state index contributed by atoms with van der Waals surface area (Å²) in [6.45, 7) is 4.73. The summed E-state index contributed by atoms with van der Waals surface area (Å²) >= 11 is 0. The van der Waals surface area contributed by atoms with E-state index in [0.717, 1.165) is 57.9 Å². The molecule has 0 amide bonds. The highest BCUT2D eigenvalue weighted by atomic mass is 15.1. The Labute approximate surface area is 352 Å². The lowest BCUT2D eigenvalue weighted by molar-refractivity contribution is 0.661. The molecule has 7 aromatic carbocycles. The first kappa shape index (κ1) is 35.8. The van der Waals surface area contributed by atoms with Crippen molar-refractivity contribution in [3.05, 3.63) is 223 Å². The fraction of sp³-hybridized carbons (Fsp3) is 0.0877. The molecule has 3 nitrogen and oxygen atoms in total. The van der Waals surface area contributed by atoms with Crippen LogP contribution in [0.4, 0.5) is 17.1 Å². The third kappa shape index (κ3) is 6.31. The zero-order chi connectivity index (χ0) is 40.2. The SMILES string of the molecule is CC1(C)c2cc(-c3ccccc3)ccc2-c2ccc(-c3ccc(N(c4ccc(-c5ccc(-c6ccc(-c7ccccc7)cn6)nc5)cc4)c4ccc5c(c4)CC5)cc3)cc21. The lowest BCUT2D eigenvalue weighted by Crippen LogP contribution is -2.15. The second-order valence-corrected chi connectivity index (χ2v) is 16.6. The van der Waals surface area contributed by atoms with Gasteiger partial charge in [0.15, 0.2) is 0 Å². The van der Waals surface area contributed by atoms with Crippen LogP contribution in [0.5, 0.6) is 0 Å². The Kier molecular flexibility index (Phi) is 8.63. The zero-order valence-electron chi connectivity index (χ0n) is 33.8. The molecule has 2 aromatic heterocycles. The summed E-state index contributed by atoms with van der Waals surface area (Å²) in [5.41, 5.74) is 22.8. The van der Waals surface area contributed by atoms with Crippen LogP contribution < -0.4 is 4.90 Å². The smallest absolute Gasteiger partial charge is 0.0886 e. The van der Waals surface area contributed by atoms with E-state index in [1.807, 2.05) is 36.7 Å². The Balaban J connectivity index is 0.866. The highest BCUT2D eigenvalue weighted by Crippen LogP contribution is 2.51. The average molecular weight is 770 g/mol. The minimum absolute atomic E-state index is 0.104. The van der Waals surface area contributed by atoms with Crippen LogP contribution in [0.3, 0.4) is 0 Å². The Hall–Kier alpha value is -7.36. The molecule has 60 heavy (non-hydrogen) atoms. The molecule has 0 bridgehead atoms. The van der Waals surface area contributed by atoms with Crippen molar-refractivity contribution in [3.63, 3.8) is 0 Å². The molecule has 0 saturated carbocycles. The first-order chi connectivity index (χ1) is 29.5.